The molecule has 2 nitrogen and oxygen atoms in total. The molecule has 2 rings (SSSR count). The van der Waals surface area contributed by atoms with Crippen molar-refractivity contribution in [2.24, 2.45) is 5.92 Å². The van der Waals surface area contributed by atoms with Gasteiger partial charge in [0.25, 0.3) is 0 Å². The summed E-state index contributed by atoms with van der Waals surface area (Å²) in [4.78, 5) is 0. The van der Waals surface area contributed by atoms with Crippen molar-refractivity contribution in [3.05, 3.63) is 28.7 Å². The van der Waals surface area contributed by atoms with Crippen molar-refractivity contribution in [3.8, 4) is 5.75 Å². The van der Waals surface area contributed by atoms with Crippen LogP contribution in [0.5, 0.6) is 5.75 Å². The summed E-state index contributed by atoms with van der Waals surface area (Å²) in [5, 5.41) is 3.59. The van der Waals surface area contributed by atoms with Gasteiger partial charge in [-0.1, -0.05) is 35.3 Å². The molecule has 0 amide bonds. The second kappa shape index (κ2) is 7.15. The van der Waals surface area contributed by atoms with Crippen molar-refractivity contribution in [1.82, 2.24) is 5.32 Å². The van der Waals surface area contributed by atoms with E-state index in [-0.39, 0.29) is 0 Å². The van der Waals surface area contributed by atoms with Crippen LogP contribution in [0.3, 0.4) is 0 Å². The van der Waals surface area contributed by atoms with Gasteiger partial charge in [-0.3, -0.25) is 0 Å². The molecule has 1 aromatic rings. The van der Waals surface area contributed by atoms with Crippen LogP contribution in [0.1, 0.15) is 32.6 Å². The number of halogens is 1. The third kappa shape index (κ3) is 4.29. The Morgan fingerprint density at radius 3 is 3.11 bits per heavy atom. The van der Waals surface area contributed by atoms with Crippen molar-refractivity contribution in [2.75, 3.05) is 13.2 Å². The van der Waals surface area contributed by atoms with E-state index < -0.39 is 0 Å². The quantitative estimate of drug-likeness (QED) is 0.887. The maximum absolute atomic E-state index is 5.79. The summed E-state index contributed by atoms with van der Waals surface area (Å²) in [5.41, 5.74) is 0. The second-order valence-corrected chi connectivity index (χ2v) is 5.96. The molecule has 100 valence electrons. The standard InChI is InChI=1S/C15H22BrNO/c1-2-12-6-8-17-14(10-12)7-9-18-15-5-3-4-13(16)11-15/h3-5,11-12,14,17H,2,6-10H2,1H3. The lowest BCUT2D eigenvalue weighted by Crippen LogP contribution is -2.38. The molecule has 0 radical (unpaired) electrons. The summed E-state index contributed by atoms with van der Waals surface area (Å²) in [6.45, 7) is 4.26. The van der Waals surface area contributed by atoms with Gasteiger partial charge in [0.1, 0.15) is 5.75 Å². The van der Waals surface area contributed by atoms with Crippen molar-refractivity contribution >= 4 is 15.9 Å². The molecule has 3 heteroatoms. The van der Waals surface area contributed by atoms with E-state index in [2.05, 4.69) is 28.2 Å². The highest BCUT2D eigenvalue weighted by Crippen LogP contribution is 2.22. The van der Waals surface area contributed by atoms with E-state index in [0.717, 1.165) is 29.2 Å². The number of piperidine rings is 1. The Morgan fingerprint density at radius 2 is 2.33 bits per heavy atom. The lowest BCUT2D eigenvalue weighted by Gasteiger charge is -2.29. The Hall–Kier alpha value is -0.540. The van der Waals surface area contributed by atoms with Gasteiger partial charge >= 0.3 is 0 Å². The van der Waals surface area contributed by atoms with Gasteiger partial charge < -0.3 is 10.1 Å². The maximum Gasteiger partial charge on any atom is 0.120 e. The SMILES string of the molecule is CCC1CCNC(CCOc2cccc(Br)c2)C1. The van der Waals surface area contributed by atoms with Gasteiger partial charge in [-0.25, -0.2) is 0 Å². The highest BCUT2D eigenvalue weighted by Gasteiger charge is 2.19. The average molecular weight is 312 g/mol. The zero-order chi connectivity index (χ0) is 12.8. The monoisotopic (exact) mass is 311 g/mol. The molecule has 1 aliphatic rings. The van der Waals surface area contributed by atoms with Gasteiger partial charge in [0, 0.05) is 10.5 Å². The minimum Gasteiger partial charge on any atom is -0.493 e. The van der Waals surface area contributed by atoms with E-state index in [1.54, 1.807) is 0 Å². The molecule has 18 heavy (non-hydrogen) atoms. The number of hydrogen-bond donors (Lipinski definition) is 1. The fourth-order valence-electron chi connectivity index (χ4n) is 2.56. The summed E-state index contributed by atoms with van der Waals surface area (Å²) >= 11 is 3.46. The molecule has 0 bridgehead atoms. The number of rotatable bonds is 5. The summed E-state index contributed by atoms with van der Waals surface area (Å²) in [5.74, 6) is 1.86. The zero-order valence-corrected chi connectivity index (χ0v) is 12.6. The van der Waals surface area contributed by atoms with Gasteiger partial charge in [-0.05, 0) is 49.9 Å². The van der Waals surface area contributed by atoms with Gasteiger partial charge in [-0.15, -0.1) is 0 Å². The summed E-state index contributed by atoms with van der Waals surface area (Å²) in [6, 6.07) is 8.68. The minimum absolute atomic E-state index is 0.635. The van der Waals surface area contributed by atoms with Gasteiger partial charge in [0.15, 0.2) is 0 Å². The molecule has 0 spiro atoms. The second-order valence-electron chi connectivity index (χ2n) is 5.04. The third-order valence-electron chi connectivity index (χ3n) is 3.71. The Balaban J connectivity index is 1.72. The Morgan fingerprint density at radius 1 is 1.44 bits per heavy atom. The third-order valence-corrected chi connectivity index (χ3v) is 4.21. The lowest BCUT2D eigenvalue weighted by molar-refractivity contribution is 0.236. The normalized spacial score (nSPS) is 23.9. The largest absolute Gasteiger partial charge is 0.493 e. The van der Waals surface area contributed by atoms with Crippen LogP contribution < -0.4 is 10.1 Å². The first-order valence-corrected chi connectivity index (χ1v) is 7.69. The number of ether oxygens (including phenoxy) is 1. The van der Waals surface area contributed by atoms with Crippen LogP contribution in [0.15, 0.2) is 28.7 Å². The first-order valence-electron chi connectivity index (χ1n) is 6.89. The zero-order valence-electron chi connectivity index (χ0n) is 11.0. The molecule has 0 saturated carbocycles. The molecule has 1 aromatic carbocycles. The van der Waals surface area contributed by atoms with Crippen LogP contribution in [0.2, 0.25) is 0 Å². The van der Waals surface area contributed by atoms with Crippen molar-refractivity contribution in [3.63, 3.8) is 0 Å². The van der Waals surface area contributed by atoms with Crippen LogP contribution in [-0.2, 0) is 0 Å². The van der Waals surface area contributed by atoms with E-state index in [0.29, 0.717) is 6.04 Å². The number of hydrogen-bond acceptors (Lipinski definition) is 2. The average Bonchev–Trinajstić information content (AvgIpc) is 2.39. The Kier molecular flexibility index (Phi) is 5.51. The lowest BCUT2D eigenvalue weighted by atomic mass is 9.89. The molecule has 1 saturated heterocycles. The molecule has 2 unspecified atom stereocenters. The minimum atomic E-state index is 0.635. The molecule has 0 aromatic heterocycles. The van der Waals surface area contributed by atoms with Crippen molar-refractivity contribution in [1.29, 1.82) is 0 Å². The molecular formula is C15H22BrNO. The first kappa shape index (κ1) is 13.9. The highest BCUT2D eigenvalue weighted by atomic mass is 79.9. The Labute approximate surface area is 118 Å². The van der Waals surface area contributed by atoms with Crippen LogP contribution in [0.25, 0.3) is 0 Å². The molecule has 1 aliphatic heterocycles. The van der Waals surface area contributed by atoms with E-state index >= 15 is 0 Å². The van der Waals surface area contributed by atoms with Crippen LogP contribution in [-0.4, -0.2) is 19.2 Å². The number of nitrogens with one attached hydrogen (secondary N) is 1. The van der Waals surface area contributed by atoms with E-state index in [1.807, 2.05) is 24.3 Å². The summed E-state index contributed by atoms with van der Waals surface area (Å²) < 4.78 is 6.86. The van der Waals surface area contributed by atoms with Crippen molar-refractivity contribution < 1.29 is 4.74 Å². The van der Waals surface area contributed by atoms with E-state index in [9.17, 15) is 0 Å². The highest BCUT2D eigenvalue weighted by molar-refractivity contribution is 9.10. The van der Waals surface area contributed by atoms with Gasteiger partial charge in [0.05, 0.1) is 6.61 Å². The predicted octanol–water partition coefficient (Wildman–Crippen LogP) is 4.00. The molecule has 2 atom stereocenters. The van der Waals surface area contributed by atoms with E-state index in [4.69, 9.17) is 4.74 Å². The molecule has 1 heterocycles. The molecule has 1 fully saturated rings. The van der Waals surface area contributed by atoms with E-state index in [1.165, 1.54) is 25.8 Å². The molecule has 1 N–H and O–H groups in total. The van der Waals surface area contributed by atoms with Gasteiger partial charge in [0.2, 0.25) is 0 Å². The van der Waals surface area contributed by atoms with Crippen LogP contribution in [0, 0.1) is 5.92 Å². The fraction of sp³-hybridized carbons (Fsp3) is 0.600. The first-order chi connectivity index (χ1) is 8.78. The van der Waals surface area contributed by atoms with Crippen molar-refractivity contribution in [2.45, 2.75) is 38.6 Å². The fourth-order valence-corrected chi connectivity index (χ4v) is 2.94. The Bertz CT molecular complexity index is 369. The predicted molar refractivity (Wildman–Crippen MR) is 79.1 cm³/mol. The van der Waals surface area contributed by atoms with Crippen LogP contribution in [0.4, 0.5) is 0 Å². The maximum atomic E-state index is 5.79. The molecule has 0 aliphatic carbocycles. The number of benzene rings is 1. The molecular weight excluding hydrogens is 290 g/mol. The smallest absolute Gasteiger partial charge is 0.120 e. The van der Waals surface area contributed by atoms with Crippen LogP contribution >= 0.6 is 15.9 Å². The summed E-state index contributed by atoms with van der Waals surface area (Å²) in [6.07, 6.45) is 5.05. The topological polar surface area (TPSA) is 21.3 Å². The summed E-state index contributed by atoms with van der Waals surface area (Å²) in [7, 11) is 0. The van der Waals surface area contributed by atoms with Gasteiger partial charge in [-0.2, -0.15) is 0 Å².